The van der Waals surface area contributed by atoms with E-state index in [1.165, 1.54) is 0 Å². The van der Waals surface area contributed by atoms with Gasteiger partial charge in [-0.15, -0.1) is 0 Å². The molecule has 6 heteroatoms. The molecule has 1 atom stereocenters. The molecule has 0 aliphatic carbocycles. The molecule has 5 nitrogen and oxygen atoms in total. The van der Waals surface area contributed by atoms with Crippen molar-refractivity contribution in [1.29, 1.82) is 0 Å². The van der Waals surface area contributed by atoms with Crippen molar-refractivity contribution in [3.8, 4) is 0 Å². The Morgan fingerprint density at radius 2 is 2.15 bits per heavy atom. The maximum atomic E-state index is 6.38. The van der Waals surface area contributed by atoms with Crippen LogP contribution in [0.1, 0.15) is 32.5 Å². The van der Waals surface area contributed by atoms with Crippen molar-refractivity contribution < 1.29 is 4.74 Å². The molecule has 0 aromatic carbocycles. The second kappa shape index (κ2) is 7.41. The fraction of sp³-hybridized carbons (Fsp3) is 0.786. The van der Waals surface area contributed by atoms with Crippen molar-refractivity contribution >= 4 is 11.6 Å². The highest BCUT2D eigenvalue weighted by molar-refractivity contribution is 6.31. The molecule has 0 bridgehead atoms. The van der Waals surface area contributed by atoms with E-state index in [9.17, 15) is 0 Å². The summed E-state index contributed by atoms with van der Waals surface area (Å²) in [6, 6.07) is 0.0920. The van der Waals surface area contributed by atoms with E-state index in [4.69, 9.17) is 16.3 Å². The summed E-state index contributed by atoms with van der Waals surface area (Å²) in [4.78, 5) is 2.20. The average molecular weight is 303 g/mol. The molecule has 0 aliphatic rings. The number of nitrogens with one attached hydrogen (secondary N) is 1. The zero-order chi connectivity index (χ0) is 15.3. The standard InChI is InChI=1S/C14H27ClN4O/c1-7-16-13(14(2,3)18(4)5)12-11(15)10-17-19(12)8-9-20-6/h10,13,16H,7-9H2,1-6H3. The summed E-state index contributed by atoms with van der Waals surface area (Å²) in [5.41, 5.74) is 0.925. The van der Waals surface area contributed by atoms with Gasteiger partial charge in [0.05, 0.1) is 36.1 Å². The summed E-state index contributed by atoms with van der Waals surface area (Å²) in [6.45, 7) is 8.68. The number of halogens is 1. The highest BCUT2D eigenvalue weighted by Gasteiger charge is 2.35. The van der Waals surface area contributed by atoms with Crippen molar-refractivity contribution in [2.24, 2.45) is 0 Å². The third-order valence-corrected chi connectivity index (χ3v) is 4.17. The van der Waals surface area contributed by atoms with Crippen molar-refractivity contribution in [2.45, 2.75) is 38.9 Å². The van der Waals surface area contributed by atoms with Crippen molar-refractivity contribution in [3.05, 3.63) is 16.9 Å². The Hall–Kier alpha value is -0.620. The number of hydrogen-bond acceptors (Lipinski definition) is 4. The summed E-state index contributed by atoms with van der Waals surface area (Å²) >= 11 is 6.38. The zero-order valence-electron chi connectivity index (χ0n) is 13.4. The molecule has 1 aromatic rings. The molecule has 0 saturated carbocycles. The third-order valence-electron chi connectivity index (χ3n) is 3.88. The number of hydrogen-bond donors (Lipinski definition) is 1. The fourth-order valence-electron chi connectivity index (χ4n) is 2.16. The van der Waals surface area contributed by atoms with Crippen LogP contribution in [0.2, 0.25) is 5.02 Å². The molecule has 20 heavy (non-hydrogen) atoms. The molecular formula is C14H27ClN4O. The van der Waals surface area contributed by atoms with Crippen LogP contribution in [-0.2, 0) is 11.3 Å². The van der Waals surface area contributed by atoms with Gasteiger partial charge in [-0.3, -0.25) is 4.68 Å². The Morgan fingerprint density at radius 3 is 2.65 bits per heavy atom. The lowest BCUT2D eigenvalue weighted by atomic mass is 9.90. The summed E-state index contributed by atoms with van der Waals surface area (Å²) in [6.07, 6.45) is 1.71. The van der Waals surface area contributed by atoms with Gasteiger partial charge in [-0.2, -0.15) is 5.10 Å². The van der Waals surface area contributed by atoms with E-state index in [-0.39, 0.29) is 11.6 Å². The normalized spacial score (nSPS) is 14.0. The quantitative estimate of drug-likeness (QED) is 0.799. The predicted molar refractivity (Wildman–Crippen MR) is 83.3 cm³/mol. The SMILES string of the molecule is CCNC(c1c(Cl)cnn1CCOC)C(C)(C)N(C)C. The first kappa shape index (κ1) is 17.4. The Labute approximate surface area is 127 Å². The zero-order valence-corrected chi connectivity index (χ0v) is 14.2. The van der Waals surface area contributed by atoms with Crippen molar-refractivity contribution in [2.75, 3.05) is 34.4 Å². The number of nitrogens with zero attached hydrogens (tertiary/aromatic N) is 3. The molecule has 1 heterocycles. The highest BCUT2D eigenvalue weighted by Crippen LogP contribution is 2.33. The summed E-state index contributed by atoms with van der Waals surface area (Å²) in [5, 5.41) is 8.61. The van der Waals surface area contributed by atoms with Gasteiger partial charge in [-0.25, -0.2) is 0 Å². The first-order chi connectivity index (χ1) is 9.36. The van der Waals surface area contributed by atoms with Gasteiger partial charge in [0.1, 0.15) is 0 Å². The van der Waals surface area contributed by atoms with E-state index in [1.54, 1.807) is 13.3 Å². The van der Waals surface area contributed by atoms with Crippen LogP contribution in [0, 0.1) is 0 Å². The number of ether oxygens (including phenoxy) is 1. The molecule has 1 rings (SSSR count). The van der Waals surface area contributed by atoms with Gasteiger partial charge in [-0.05, 0) is 34.5 Å². The fourth-order valence-corrected chi connectivity index (χ4v) is 2.41. The topological polar surface area (TPSA) is 42.3 Å². The van der Waals surface area contributed by atoms with Crippen LogP contribution in [0.3, 0.4) is 0 Å². The summed E-state index contributed by atoms with van der Waals surface area (Å²) in [7, 11) is 5.85. The Morgan fingerprint density at radius 1 is 1.50 bits per heavy atom. The van der Waals surface area contributed by atoms with E-state index in [0.29, 0.717) is 18.2 Å². The van der Waals surface area contributed by atoms with Crippen LogP contribution in [0.25, 0.3) is 0 Å². The molecule has 0 fully saturated rings. The smallest absolute Gasteiger partial charge is 0.0834 e. The maximum Gasteiger partial charge on any atom is 0.0834 e. The highest BCUT2D eigenvalue weighted by atomic mass is 35.5. The monoisotopic (exact) mass is 302 g/mol. The maximum absolute atomic E-state index is 6.38. The molecule has 1 N–H and O–H groups in total. The summed E-state index contributed by atoms with van der Waals surface area (Å²) < 4.78 is 7.08. The minimum atomic E-state index is -0.0928. The molecule has 1 unspecified atom stereocenters. The number of methoxy groups -OCH3 is 1. The van der Waals surface area contributed by atoms with Gasteiger partial charge in [0, 0.05) is 12.6 Å². The van der Waals surface area contributed by atoms with E-state index in [1.807, 2.05) is 4.68 Å². The van der Waals surface area contributed by atoms with Gasteiger partial charge in [0.15, 0.2) is 0 Å². The molecule has 0 spiro atoms. The molecule has 116 valence electrons. The Bertz CT molecular complexity index is 417. The minimum Gasteiger partial charge on any atom is -0.383 e. The largest absolute Gasteiger partial charge is 0.383 e. The van der Waals surface area contributed by atoms with Crippen LogP contribution < -0.4 is 5.32 Å². The molecule has 0 radical (unpaired) electrons. The first-order valence-corrected chi connectivity index (χ1v) is 7.35. The van der Waals surface area contributed by atoms with Gasteiger partial charge < -0.3 is 15.0 Å². The molecule has 0 saturated heterocycles. The van der Waals surface area contributed by atoms with Gasteiger partial charge in [-0.1, -0.05) is 18.5 Å². The average Bonchev–Trinajstić information content (AvgIpc) is 2.74. The molecule has 0 amide bonds. The number of likely N-dealkylation sites (N-methyl/N-ethyl adjacent to an activating group) is 2. The van der Waals surface area contributed by atoms with Gasteiger partial charge in [0.25, 0.3) is 0 Å². The second-order valence-electron chi connectivity index (χ2n) is 5.63. The predicted octanol–water partition coefficient (Wildman–Crippen LogP) is 2.17. The molecular weight excluding hydrogens is 276 g/mol. The number of aromatic nitrogens is 2. The van der Waals surface area contributed by atoms with E-state index in [2.05, 4.69) is 50.2 Å². The lowest BCUT2D eigenvalue weighted by Crippen LogP contribution is -2.50. The first-order valence-electron chi connectivity index (χ1n) is 6.97. The van der Waals surface area contributed by atoms with Crippen LogP contribution in [0.4, 0.5) is 0 Å². The Balaban J connectivity index is 3.17. The minimum absolute atomic E-state index is 0.0920. The van der Waals surface area contributed by atoms with E-state index < -0.39 is 0 Å². The van der Waals surface area contributed by atoms with E-state index in [0.717, 1.165) is 12.2 Å². The Kier molecular flexibility index (Phi) is 6.45. The summed E-state index contributed by atoms with van der Waals surface area (Å²) in [5.74, 6) is 0. The van der Waals surface area contributed by atoms with Crippen LogP contribution >= 0.6 is 11.6 Å². The molecule has 0 aliphatic heterocycles. The third kappa shape index (κ3) is 3.73. The van der Waals surface area contributed by atoms with Gasteiger partial charge >= 0.3 is 0 Å². The second-order valence-corrected chi connectivity index (χ2v) is 6.04. The van der Waals surface area contributed by atoms with Crippen LogP contribution in [0.15, 0.2) is 6.20 Å². The van der Waals surface area contributed by atoms with Crippen molar-refractivity contribution in [1.82, 2.24) is 20.0 Å². The lowest BCUT2D eigenvalue weighted by molar-refractivity contribution is 0.130. The van der Waals surface area contributed by atoms with Crippen LogP contribution in [0.5, 0.6) is 0 Å². The van der Waals surface area contributed by atoms with Crippen molar-refractivity contribution in [3.63, 3.8) is 0 Å². The van der Waals surface area contributed by atoms with Gasteiger partial charge in [0.2, 0.25) is 0 Å². The van der Waals surface area contributed by atoms with E-state index >= 15 is 0 Å². The number of rotatable bonds is 8. The molecule has 1 aromatic heterocycles. The lowest BCUT2D eigenvalue weighted by Gasteiger charge is -2.41. The van der Waals surface area contributed by atoms with Crippen LogP contribution in [-0.4, -0.2) is 54.6 Å².